The first-order valence-electron chi connectivity index (χ1n) is 6.62. The molecule has 1 aliphatic heterocycles. The number of aromatic nitrogens is 3. The monoisotopic (exact) mass is 285 g/mol. The van der Waals surface area contributed by atoms with Crippen molar-refractivity contribution in [3.8, 4) is 0 Å². The summed E-state index contributed by atoms with van der Waals surface area (Å²) in [5.74, 6) is -0.216. The van der Waals surface area contributed by atoms with Crippen LogP contribution in [0.4, 0.5) is 11.6 Å². The maximum Gasteiger partial charge on any atom is 0.249 e. The van der Waals surface area contributed by atoms with E-state index in [0.717, 1.165) is 16.8 Å². The van der Waals surface area contributed by atoms with Crippen LogP contribution in [0.2, 0.25) is 0 Å². The molecule has 2 aromatic rings. The highest BCUT2D eigenvalue weighted by molar-refractivity contribution is 6.00. The first-order chi connectivity index (χ1) is 10.0. The number of nitrogens with one attached hydrogen (secondary N) is 2. The largest absolute Gasteiger partial charge is 0.324 e. The van der Waals surface area contributed by atoms with Crippen molar-refractivity contribution in [2.45, 2.75) is 26.3 Å². The standard InChI is InChI=1S/C14H15N5O2/c1-8-3-4-10(9(2)5-8)17-13(21)11-6-12(20)18-14-15-7-16-19(11)14/h3-5,7,11H,6H2,1-2H3,(H,17,21)(H,15,16,18,20)/t11-/m0/s1. The molecule has 0 bridgehead atoms. The fourth-order valence-electron chi connectivity index (χ4n) is 2.38. The van der Waals surface area contributed by atoms with Gasteiger partial charge in [0.25, 0.3) is 0 Å². The van der Waals surface area contributed by atoms with E-state index in [2.05, 4.69) is 20.7 Å². The van der Waals surface area contributed by atoms with E-state index in [1.807, 2.05) is 32.0 Å². The number of amides is 2. The van der Waals surface area contributed by atoms with Crippen LogP contribution in [-0.4, -0.2) is 26.6 Å². The van der Waals surface area contributed by atoms with Crippen LogP contribution in [0.3, 0.4) is 0 Å². The summed E-state index contributed by atoms with van der Waals surface area (Å²) in [7, 11) is 0. The van der Waals surface area contributed by atoms with Gasteiger partial charge < -0.3 is 5.32 Å². The third-order valence-corrected chi connectivity index (χ3v) is 3.44. The molecular formula is C14H15N5O2. The molecule has 0 saturated heterocycles. The summed E-state index contributed by atoms with van der Waals surface area (Å²) in [6, 6.07) is 5.09. The second-order valence-corrected chi connectivity index (χ2v) is 5.10. The average molecular weight is 285 g/mol. The molecule has 1 atom stereocenters. The lowest BCUT2D eigenvalue weighted by molar-refractivity contribution is -0.125. The minimum atomic E-state index is -0.683. The fourth-order valence-corrected chi connectivity index (χ4v) is 2.38. The molecule has 3 rings (SSSR count). The highest BCUT2D eigenvalue weighted by Gasteiger charge is 2.32. The van der Waals surface area contributed by atoms with Gasteiger partial charge in [0, 0.05) is 5.69 Å². The van der Waals surface area contributed by atoms with Crippen LogP contribution in [0, 0.1) is 13.8 Å². The molecule has 1 aromatic heterocycles. The predicted molar refractivity (Wildman–Crippen MR) is 76.9 cm³/mol. The number of fused-ring (bicyclic) bond motifs is 1. The number of hydrogen-bond acceptors (Lipinski definition) is 4. The molecule has 1 aliphatic rings. The van der Waals surface area contributed by atoms with Gasteiger partial charge in [-0.05, 0) is 25.5 Å². The summed E-state index contributed by atoms with van der Waals surface area (Å²) in [6.07, 6.45) is 1.37. The molecule has 0 radical (unpaired) electrons. The van der Waals surface area contributed by atoms with E-state index in [9.17, 15) is 9.59 Å². The minimum absolute atomic E-state index is 0.0487. The number of anilines is 2. The summed E-state index contributed by atoms with van der Waals surface area (Å²) in [6.45, 7) is 3.92. The number of carbonyl (C=O) groups excluding carboxylic acids is 2. The van der Waals surface area contributed by atoms with E-state index in [1.54, 1.807) is 0 Å². The number of hydrogen-bond donors (Lipinski definition) is 2. The highest BCUT2D eigenvalue weighted by Crippen LogP contribution is 2.24. The zero-order valence-electron chi connectivity index (χ0n) is 11.8. The average Bonchev–Trinajstić information content (AvgIpc) is 2.88. The molecular weight excluding hydrogens is 270 g/mol. The van der Waals surface area contributed by atoms with E-state index >= 15 is 0 Å². The molecule has 0 unspecified atom stereocenters. The van der Waals surface area contributed by atoms with Gasteiger partial charge in [0.1, 0.15) is 12.4 Å². The van der Waals surface area contributed by atoms with Crippen LogP contribution in [-0.2, 0) is 9.59 Å². The molecule has 2 N–H and O–H groups in total. The number of benzene rings is 1. The lowest BCUT2D eigenvalue weighted by Gasteiger charge is -2.22. The Hall–Kier alpha value is -2.70. The Kier molecular flexibility index (Phi) is 3.17. The van der Waals surface area contributed by atoms with Crippen LogP contribution in [0.15, 0.2) is 24.5 Å². The Labute approximate surface area is 121 Å². The van der Waals surface area contributed by atoms with Gasteiger partial charge in [-0.25, -0.2) is 4.68 Å². The van der Waals surface area contributed by atoms with Gasteiger partial charge >= 0.3 is 0 Å². The summed E-state index contributed by atoms with van der Waals surface area (Å²) in [4.78, 5) is 28.0. The van der Waals surface area contributed by atoms with Crippen LogP contribution in [0.25, 0.3) is 0 Å². The minimum Gasteiger partial charge on any atom is -0.324 e. The SMILES string of the molecule is Cc1ccc(NC(=O)[C@@H]2CC(=O)Nc3ncnn32)c(C)c1. The molecule has 108 valence electrons. The van der Waals surface area contributed by atoms with Crippen LogP contribution in [0.1, 0.15) is 23.6 Å². The van der Waals surface area contributed by atoms with E-state index in [0.29, 0.717) is 5.95 Å². The van der Waals surface area contributed by atoms with Crippen molar-refractivity contribution >= 4 is 23.5 Å². The van der Waals surface area contributed by atoms with Crippen molar-refractivity contribution in [3.63, 3.8) is 0 Å². The molecule has 0 aliphatic carbocycles. The first kappa shape index (κ1) is 13.3. The predicted octanol–water partition coefficient (Wildman–Crippen LogP) is 1.42. The van der Waals surface area contributed by atoms with Crippen molar-refractivity contribution in [1.29, 1.82) is 0 Å². The number of rotatable bonds is 2. The normalized spacial score (nSPS) is 17.0. The molecule has 0 spiro atoms. The lowest BCUT2D eigenvalue weighted by Crippen LogP contribution is -2.36. The lowest BCUT2D eigenvalue weighted by atomic mass is 10.1. The van der Waals surface area contributed by atoms with E-state index < -0.39 is 6.04 Å². The number of carbonyl (C=O) groups is 2. The second kappa shape index (κ2) is 5.01. The Morgan fingerprint density at radius 3 is 3.00 bits per heavy atom. The second-order valence-electron chi connectivity index (χ2n) is 5.10. The molecule has 0 saturated carbocycles. The van der Waals surface area contributed by atoms with Gasteiger partial charge in [-0.1, -0.05) is 17.7 Å². The quantitative estimate of drug-likeness (QED) is 0.873. The molecule has 21 heavy (non-hydrogen) atoms. The van der Waals surface area contributed by atoms with Gasteiger partial charge in [-0.2, -0.15) is 10.1 Å². The van der Waals surface area contributed by atoms with Crippen molar-refractivity contribution in [2.24, 2.45) is 0 Å². The third kappa shape index (κ3) is 2.49. The summed E-state index contributed by atoms with van der Waals surface area (Å²) in [5.41, 5.74) is 2.83. The smallest absolute Gasteiger partial charge is 0.249 e. The Bertz CT molecular complexity index is 722. The molecule has 2 amide bonds. The topological polar surface area (TPSA) is 88.9 Å². The van der Waals surface area contributed by atoms with Crippen LogP contribution >= 0.6 is 0 Å². The highest BCUT2D eigenvalue weighted by atomic mass is 16.2. The van der Waals surface area contributed by atoms with Crippen molar-refractivity contribution in [1.82, 2.24) is 14.8 Å². The van der Waals surface area contributed by atoms with Gasteiger partial charge in [0.2, 0.25) is 17.8 Å². The Balaban J connectivity index is 1.85. The summed E-state index contributed by atoms with van der Waals surface area (Å²) in [5, 5.41) is 9.43. The van der Waals surface area contributed by atoms with Crippen LogP contribution < -0.4 is 10.6 Å². The van der Waals surface area contributed by atoms with Crippen LogP contribution in [0.5, 0.6) is 0 Å². The number of nitrogens with zero attached hydrogens (tertiary/aromatic N) is 3. The number of aryl methyl sites for hydroxylation is 2. The van der Waals surface area contributed by atoms with Gasteiger partial charge in [0.05, 0.1) is 6.42 Å². The molecule has 7 nitrogen and oxygen atoms in total. The van der Waals surface area contributed by atoms with Crippen molar-refractivity contribution in [3.05, 3.63) is 35.7 Å². The fraction of sp³-hybridized carbons (Fsp3) is 0.286. The van der Waals surface area contributed by atoms with Crippen molar-refractivity contribution < 1.29 is 9.59 Å². The van der Waals surface area contributed by atoms with Gasteiger partial charge in [0.15, 0.2) is 0 Å². The molecule has 1 aromatic carbocycles. The molecule has 0 fully saturated rings. The summed E-state index contributed by atoms with van der Waals surface area (Å²) >= 11 is 0. The maximum atomic E-state index is 12.4. The Morgan fingerprint density at radius 1 is 1.43 bits per heavy atom. The maximum absolute atomic E-state index is 12.4. The van der Waals surface area contributed by atoms with E-state index in [4.69, 9.17) is 0 Å². The zero-order chi connectivity index (χ0) is 15.0. The van der Waals surface area contributed by atoms with E-state index in [1.165, 1.54) is 11.0 Å². The van der Waals surface area contributed by atoms with Gasteiger partial charge in [-0.3, -0.25) is 14.9 Å². The first-order valence-corrected chi connectivity index (χ1v) is 6.62. The molecule has 7 heteroatoms. The van der Waals surface area contributed by atoms with Gasteiger partial charge in [-0.15, -0.1) is 0 Å². The van der Waals surface area contributed by atoms with Crippen molar-refractivity contribution in [2.75, 3.05) is 10.6 Å². The van der Waals surface area contributed by atoms with E-state index in [-0.39, 0.29) is 18.2 Å². The third-order valence-electron chi connectivity index (χ3n) is 3.44. The zero-order valence-corrected chi connectivity index (χ0v) is 11.8. The summed E-state index contributed by atoms with van der Waals surface area (Å²) < 4.78 is 1.43. The Morgan fingerprint density at radius 2 is 2.24 bits per heavy atom. The molecule has 2 heterocycles.